The van der Waals surface area contributed by atoms with Crippen molar-refractivity contribution in [3.63, 3.8) is 0 Å². The van der Waals surface area contributed by atoms with Crippen LogP contribution in [-0.2, 0) is 6.54 Å². The number of carbonyl (C=O) groups excluding carboxylic acids is 1. The van der Waals surface area contributed by atoms with Crippen LogP contribution in [0, 0.1) is 0 Å². The molecular formula is C14H9Br2Cl2N5O. The number of H-pyrrole nitrogens is 1. The van der Waals surface area contributed by atoms with Crippen LogP contribution in [0.2, 0.25) is 10.0 Å². The minimum Gasteiger partial charge on any atom is -0.302 e. The zero-order chi connectivity index (χ0) is 17.3. The van der Waals surface area contributed by atoms with Gasteiger partial charge in [0, 0.05) is 11.2 Å². The topological polar surface area (TPSA) is 75.6 Å². The molecule has 2 heterocycles. The van der Waals surface area contributed by atoms with Crippen molar-refractivity contribution >= 4 is 66.8 Å². The first-order valence-corrected chi connectivity index (χ1v) is 8.96. The molecule has 0 spiro atoms. The summed E-state index contributed by atoms with van der Waals surface area (Å²) in [7, 11) is 0. The molecule has 24 heavy (non-hydrogen) atoms. The zero-order valence-electron chi connectivity index (χ0n) is 11.9. The number of aromatic nitrogens is 4. The molecule has 0 unspecified atom stereocenters. The molecule has 0 saturated carbocycles. The Hall–Kier alpha value is -1.35. The second kappa shape index (κ2) is 7.26. The van der Waals surface area contributed by atoms with Crippen molar-refractivity contribution in [2.75, 3.05) is 5.32 Å². The molecule has 0 aliphatic carbocycles. The summed E-state index contributed by atoms with van der Waals surface area (Å²) in [6.07, 6.45) is 1.64. The van der Waals surface area contributed by atoms with Crippen LogP contribution in [0.25, 0.3) is 0 Å². The maximum Gasteiger partial charge on any atom is 0.278 e. The first kappa shape index (κ1) is 17.5. The molecule has 0 aliphatic rings. The number of hydrogen-bond donors (Lipinski definition) is 2. The van der Waals surface area contributed by atoms with E-state index < -0.39 is 5.91 Å². The predicted molar refractivity (Wildman–Crippen MR) is 99.7 cm³/mol. The fraction of sp³-hybridized carbons (Fsp3) is 0.0714. The van der Waals surface area contributed by atoms with E-state index in [9.17, 15) is 4.79 Å². The van der Waals surface area contributed by atoms with E-state index in [0.29, 0.717) is 25.7 Å². The summed E-state index contributed by atoms with van der Waals surface area (Å²) in [5.41, 5.74) is 1.21. The first-order valence-electron chi connectivity index (χ1n) is 6.62. The van der Waals surface area contributed by atoms with Gasteiger partial charge in [0.15, 0.2) is 11.5 Å². The van der Waals surface area contributed by atoms with Crippen LogP contribution in [0.1, 0.15) is 16.1 Å². The molecule has 2 N–H and O–H groups in total. The van der Waals surface area contributed by atoms with Crippen LogP contribution in [0.4, 0.5) is 5.82 Å². The van der Waals surface area contributed by atoms with Gasteiger partial charge in [-0.1, -0.05) is 35.3 Å². The molecule has 0 bridgehead atoms. The monoisotopic (exact) mass is 491 g/mol. The van der Waals surface area contributed by atoms with Crippen LogP contribution in [-0.4, -0.2) is 25.9 Å². The Morgan fingerprint density at radius 1 is 1.25 bits per heavy atom. The van der Waals surface area contributed by atoms with Crippen molar-refractivity contribution in [3.8, 4) is 0 Å². The molecule has 0 saturated heterocycles. The lowest BCUT2D eigenvalue weighted by Gasteiger charge is -2.02. The predicted octanol–water partition coefficient (Wildman–Crippen LogP) is 4.74. The van der Waals surface area contributed by atoms with E-state index in [1.54, 1.807) is 23.0 Å². The smallest absolute Gasteiger partial charge is 0.278 e. The molecule has 1 aromatic carbocycles. The van der Waals surface area contributed by atoms with Gasteiger partial charge < -0.3 is 5.32 Å². The lowest BCUT2D eigenvalue weighted by molar-refractivity contribution is 0.102. The Kier molecular flexibility index (Phi) is 5.29. The average Bonchev–Trinajstić information content (AvgIpc) is 3.05. The van der Waals surface area contributed by atoms with Gasteiger partial charge in [0.05, 0.1) is 11.0 Å². The summed E-state index contributed by atoms with van der Waals surface area (Å²) in [6.45, 7) is 0.504. The Morgan fingerprint density at radius 2 is 1.96 bits per heavy atom. The molecule has 124 valence electrons. The number of hydrogen-bond acceptors (Lipinski definition) is 3. The van der Waals surface area contributed by atoms with Gasteiger partial charge in [-0.25, -0.2) is 0 Å². The molecule has 0 aliphatic heterocycles. The third-order valence-electron chi connectivity index (χ3n) is 3.09. The van der Waals surface area contributed by atoms with Crippen LogP contribution in [0.3, 0.4) is 0 Å². The van der Waals surface area contributed by atoms with Gasteiger partial charge in [-0.3, -0.25) is 14.6 Å². The Bertz CT molecular complexity index is 891. The number of rotatable bonds is 4. The number of halogens is 4. The van der Waals surface area contributed by atoms with E-state index >= 15 is 0 Å². The number of amides is 1. The van der Waals surface area contributed by atoms with E-state index in [2.05, 4.69) is 52.5 Å². The van der Waals surface area contributed by atoms with E-state index in [4.69, 9.17) is 23.2 Å². The summed E-state index contributed by atoms with van der Waals surface area (Å²) in [6, 6.07) is 7.40. The average molecular weight is 494 g/mol. The van der Waals surface area contributed by atoms with Gasteiger partial charge in [-0.05, 0) is 49.6 Å². The van der Waals surface area contributed by atoms with E-state index in [1.807, 2.05) is 12.1 Å². The van der Waals surface area contributed by atoms with Gasteiger partial charge >= 0.3 is 0 Å². The number of benzene rings is 1. The fourth-order valence-corrected chi connectivity index (χ4v) is 2.92. The highest BCUT2D eigenvalue weighted by Gasteiger charge is 2.19. The molecule has 0 radical (unpaired) electrons. The summed E-state index contributed by atoms with van der Waals surface area (Å²) < 4.78 is 2.74. The van der Waals surface area contributed by atoms with Crippen molar-refractivity contribution in [1.82, 2.24) is 20.0 Å². The third-order valence-corrected chi connectivity index (χ3v) is 5.49. The van der Waals surface area contributed by atoms with Crippen molar-refractivity contribution in [2.45, 2.75) is 6.54 Å². The summed E-state index contributed by atoms with van der Waals surface area (Å²) in [4.78, 5) is 12.2. The molecule has 10 heteroatoms. The maximum atomic E-state index is 12.2. The molecular weight excluding hydrogens is 485 g/mol. The van der Waals surface area contributed by atoms with Crippen molar-refractivity contribution in [2.24, 2.45) is 0 Å². The molecule has 2 aromatic heterocycles. The van der Waals surface area contributed by atoms with E-state index in [1.165, 1.54) is 0 Å². The third kappa shape index (κ3) is 3.83. The van der Waals surface area contributed by atoms with Crippen LogP contribution >= 0.6 is 55.1 Å². The van der Waals surface area contributed by atoms with Gasteiger partial charge in [-0.15, -0.1) is 0 Å². The van der Waals surface area contributed by atoms with Crippen molar-refractivity contribution in [3.05, 3.63) is 60.8 Å². The first-order chi connectivity index (χ1) is 11.4. The van der Waals surface area contributed by atoms with Crippen LogP contribution < -0.4 is 5.32 Å². The highest BCUT2D eigenvalue weighted by molar-refractivity contribution is 9.13. The number of carbonyl (C=O) groups is 1. The van der Waals surface area contributed by atoms with Crippen LogP contribution in [0.15, 0.2) is 39.5 Å². The Morgan fingerprint density at radius 3 is 2.58 bits per heavy atom. The SMILES string of the molecule is O=C(Nc1nn(Cc2ccc(Cl)cc2)cc1Cl)c1n[nH]c(Br)c1Br. The number of nitrogens with one attached hydrogen (secondary N) is 2. The Balaban J connectivity index is 1.75. The second-order valence-corrected chi connectivity index (χ2v) is 7.23. The molecule has 0 fully saturated rings. The normalized spacial score (nSPS) is 10.8. The summed E-state index contributed by atoms with van der Waals surface area (Å²) >= 11 is 18.5. The van der Waals surface area contributed by atoms with E-state index in [0.717, 1.165) is 5.56 Å². The van der Waals surface area contributed by atoms with Crippen LogP contribution in [0.5, 0.6) is 0 Å². The quantitative estimate of drug-likeness (QED) is 0.551. The lowest BCUT2D eigenvalue weighted by atomic mass is 10.2. The van der Waals surface area contributed by atoms with Gasteiger partial charge in [-0.2, -0.15) is 10.2 Å². The number of aromatic amines is 1. The molecule has 3 rings (SSSR count). The standard InChI is InChI=1S/C14H9Br2Cl2N5O/c15-10-11(20-21-12(10)16)14(24)19-13-9(18)6-23(22-13)5-7-1-3-8(17)4-2-7/h1-4,6H,5H2,(H,20,21)(H,19,22,24). The second-order valence-electron chi connectivity index (χ2n) is 4.80. The maximum absolute atomic E-state index is 12.2. The summed E-state index contributed by atoms with van der Waals surface area (Å²) in [5.74, 6) is -0.163. The minimum atomic E-state index is -0.428. The highest BCUT2D eigenvalue weighted by Crippen LogP contribution is 2.26. The largest absolute Gasteiger partial charge is 0.302 e. The minimum absolute atomic E-state index is 0.199. The molecule has 0 atom stereocenters. The van der Waals surface area contributed by atoms with Gasteiger partial charge in [0.2, 0.25) is 0 Å². The number of nitrogens with zero attached hydrogens (tertiary/aromatic N) is 3. The fourth-order valence-electron chi connectivity index (χ4n) is 1.96. The number of anilines is 1. The lowest BCUT2D eigenvalue weighted by Crippen LogP contribution is -2.14. The van der Waals surface area contributed by atoms with Gasteiger partial charge in [0.1, 0.15) is 9.63 Å². The summed E-state index contributed by atoms with van der Waals surface area (Å²) in [5, 5.41) is 14.5. The molecule has 3 aromatic rings. The zero-order valence-corrected chi connectivity index (χ0v) is 16.5. The molecule has 6 nitrogen and oxygen atoms in total. The highest BCUT2D eigenvalue weighted by atomic mass is 79.9. The van der Waals surface area contributed by atoms with Crippen molar-refractivity contribution in [1.29, 1.82) is 0 Å². The van der Waals surface area contributed by atoms with Gasteiger partial charge in [0.25, 0.3) is 5.91 Å². The molecule has 1 amide bonds. The van der Waals surface area contributed by atoms with E-state index in [-0.39, 0.29) is 11.5 Å². The Labute approximate surface area is 163 Å². The van der Waals surface area contributed by atoms with Crippen molar-refractivity contribution < 1.29 is 4.79 Å².